The minimum absolute atomic E-state index is 0.137. The fourth-order valence-corrected chi connectivity index (χ4v) is 3.32. The number of anilines is 1. The van der Waals surface area contributed by atoms with Gasteiger partial charge in [-0.2, -0.15) is 15.0 Å². The maximum Gasteiger partial charge on any atom is 0.321 e. The highest BCUT2D eigenvalue weighted by Crippen LogP contribution is 2.17. The molecule has 1 aromatic carbocycles. The van der Waals surface area contributed by atoms with E-state index >= 15 is 0 Å². The molecule has 0 unspecified atom stereocenters. The van der Waals surface area contributed by atoms with Gasteiger partial charge in [-0.1, -0.05) is 12.1 Å². The summed E-state index contributed by atoms with van der Waals surface area (Å²) < 4.78 is 7.03. The number of nitrogens with one attached hydrogen (secondary N) is 1. The number of piperidine rings is 1. The van der Waals surface area contributed by atoms with Crippen molar-refractivity contribution < 1.29 is 9.53 Å². The number of carbonyl (C=O) groups excluding carboxylic acids is 1. The van der Waals surface area contributed by atoms with Crippen LogP contribution in [0.4, 0.5) is 5.95 Å². The molecule has 0 spiro atoms. The first-order valence-electron chi connectivity index (χ1n) is 9.43. The summed E-state index contributed by atoms with van der Waals surface area (Å²) >= 11 is 0. The smallest absolute Gasteiger partial charge is 0.321 e. The largest absolute Gasteiger partial charge is 0.467 e. The van der Waals surface area contributed by atoms with Gasteiger partial charge in [-0.25, -0.2) is 4.98 Å². The van der Waals surface area contributed by atoms with E-state index in [4.69, 9.17) is 4.74 Å². The highest BCUT2D eigenvalue weighted by atomic mass is 16.5. The van der Waals surface area contributed by atoms with E-state index in [-0.39, 0.29) is 25.0 Å². The van der Waals surface area contributed by atoms with Crippen LogP contribution in [0.3, 0.4) is 0 Å². The number of ether oxygens (including phenoxy) is 1. The third-order valence-corrected chi connectivity index (χ3v) is 4.76. The maximum atomic E-state index is 12.4. The van der Waals surface area contributed by atoms with Gasteiger partial charge in [0.15, 0.2) is 5.82 Å². The van der Waals surface area contributed by atoms with Crippen molar-refractivity contribution in [3.8, 4) is 6.01 Å². The summed E-state index contributed by atoms with van der Waals surface area (Å²) in [5.74, 6) is 0.953. The van der Waals surface area contributed by atoms with Gasteiger partial charge in [0.05, 0.1) is 31.0 Å². The average molecular weight is 381 g/mol. The molecule has 1 fully saturated rings. The minimum atomic E-state index is -0.137. The van der Waals surface area contributed by atoms with Crippen molar-refractivity contribution in [2.75, 3.05) is 25.1 Å². The Bertz CT molecular complexity index is 966. The fourth-order valence-electron chi connectivity index (χ4n) is 3.32. The van der Waals surface area contributed by atoms with Crippen LogP contribution in [0.5, 0.6) is 6.01 Å². The number of aromatic nitrogens is 5. The lowest BCUT2D eigenvalue weighted by Crippen LogP contribution is -2.32. The molecular weight excluding hydrogens is 358 g/mol. The van der Waals surface area contributed by atoms with Gasteiger partial charge in [-0.05, 0) is 31.4 Å². The zero-order valence-electron chi connectivity index (χ0n) is 15.8. The quantitative estimate of drug-likeness (QED) is 0.691. The number of para-hydroxylation sites is 2. The summed E-state index contributed by atoms with van der Waals surface area (Å²) in [6.07, 6.45) is 5.15. The first-order chi connectivity index (χ1) is 13.7. The van der Waals surface area contributed by atoms with Crippen LogP contribution in [0.2, 0.25) is 0 Å². The number of methoxy groups -OCH3 is 1. The Balaban J connectivity index is 1.42. The van der Waals surface area contributed by atoms with Gasteiger partial charge < -0.3 is 19.5 Å². The lowest BCUT2D eigenvalue weighted by molar-refractivity contribution is -0.121. The highest BCUT2D eigenvalue weighted by Gasteiger charge is 2.17. The number of hydrogen-bond acceptors (Lipinski definition) is 7. The van der Waals surface area contributed by atoms with Gasteiger partial charge >= 0.3 is 6.01 Å². The van der Waals surface area contributed by atoms with E-state index < -0.39 is 0 Å². The number of rotatable bonds is 6. The number of benzene rings is 1. The molecule has 3 aromatic rings. The summed E-state index contributed by atoms with van der Waals surface area (Å²) in [5, 5.41) is 2.87. The van der Waals surface area contributed by atoms with Crippen molar-refractivity contribution in [3.05, 3.63) is 36.4 Å². The number of nitrogens with zero attached hydrogens (tertiary/aromatic N) is 6. The van der Waals surface area contributed by atoms with Gasteiger partial charge in [-0.15, -0.1) is 0 Å². The van der Waals surface area contributed by atoms with Crippen molar-refractivity contribution in [3.63, 3.8) is 0 Å². The van der Waals surface area contributed by atoms with Crippen LogP contribution in [-0.4, -0.2) is 50.6 Å². The first-order valence-corrected chi connectivity index (χ1v) is 9.43. The lowest BCUT2D eigenvalue weighted by Gasteiger charge is -2.26. The lowest BCUT2D eigenvalue weighted by atomic mass is 10.1. The third-order valence-electron chi connectivity index (χ3n) is 4.76. The monoisotopic (exact) mass is 381 g/mol. The maximum absolute atomic E-state index is 12.4. The zero-order chi connectivity index (χ0) is 19.3. The zero-order valence-corrected chi connectivity index (χ0v) is 15.8. The molecule has 9 heteroatoms. The molecule has 1 aliphatic rings. The van der Waals surface area contributed by atoms with E-state index in [1.54, 1.807) is 6.33 Å². The molecule has 4 rings (SSSR count). The van der Waals surface area contributed by atoms with Gasteiger partial charge in [-0.3, -0.25) is 4.79 Å². The Morgan fingerprint density at radius 1 is 1.14 bits per heavy atom. The molecule has 3 heterocycles. The molecule has 1 amide bonds. The van der Waals surface area contributed by atoms with Crippen molar-refractivity contribution in [2.24, 2.45) is 0 Å². The third kappa shape index (κ3) is 4.03. The normalized spacial score (nSPS) is 14.2. The summed E-state index contributed by atoms with van der Waals surface area (Å²) in [5.41, 5.74) is 1.79. The molecule has 28 heavy (non-hydrogen) atoms. The number of hydrogen-bond donors (Lipinski definition) is 1. The van der Waals surface area contributed by atoms with Crippen LogP contribution in [0.15, 0.2) is 30.6 Å². The number of amides is 1. The van der Waals surface area contributed by atoms with Gasteiger partial charge in [0, 0.05) is 13.1 Å². The Kier molecular flexibility index (Phi) is 5.31. The molecule has 146 valence electrons. The van der Waals surface area contributed by atoms with Crippen LogP contribution in [0.25, 0.3) is 11.0 Å². The Labute approximate surface area is 162 Å². The van der Waals surface area contributed by atoms with E-state index in [1.165, 1.54) is 13.5 Å². The van der Waals surface area contributed by atoms with Crippen molar-refractivity contribution in [2.45, 2.75) is 32.4 Å². The average Bonchev–Trinajstić information content (AvgIpc) is 3.15. The standard InChI is InChI=1S/C19H23N7O2/c1-28-19-23-16(22-18(24-19)25-9-5-2-6-10-25)11-20-17(27)12-26-13-21-14-7-3-4-8-15(14)26/h3-4,7-8,13H,2,5-6,9-12H2,1H3,(H,20,27). The van der Waals surface area contributed by atoms with Gasteiger partial charge in [0.25, 0.3) is 0 Å². The predicted octanol–water partition coefficient (Wildman–Crippen LogP) is 1.54. The molecule has 0 bridgehead atoms. The number of carbonyl (C=O) groups is 1. The molecule has 2 aromatic heterocycles. The van der Waals surface area contributed by atoms with Gasteiger partial charge in [0.2, 0.25) is 11.9 Å². The topological polar surface area (TPSA) is 98.1 Å². The Morgan fingerprint density at radius 2 is 1.96 bits per heavy atom. The van der Waals surface area contributed by atoms with Crippen LogP contribution in [0.1, 0.15) is 25.1 Å². The molecule has 0 aliphatic carbocycles. The molecule has 0 atom stereocenters. The first kappa shape index (κ1) is 18.1. The summed E-state index contributed by atoms with van der Waals surface area (Å²) in [7, 11) is 1.53. The van der Waals surface area contributed by atoms with Crippen LogP contribution < -0.4 is 15.0 Å². The molecule has 0 radical (unpaired) electrons. The van der Waals surface area contributed by atoms with E-state index in [0.717, 1.165) is 37.0 Å². The Hall–Kier alpha value is -3.23. The van der Waals surface area contributed by atoms with Crippen LogP contribution in [-0.2, 0) is 17.9 Å². The SMILES string of the molecule is COc1nc(CNC(=O)Cn2cnc3ccccc32)nc(N2CCCCC2)n1. The van der Waals surface area contributed by atoms with E-state index in [9.17, 15) is 4.79 Å². The molecule has 1 N–H and O–H groups in total. The highest BCUT2D eigenvalue weighted by molar-refractivity contribution is 5.80. The summed E-state index contributed by atoms with van der Waals surface area (Å²) in [4.78, 5) is 32.0. The second-order valence-corrected chi connectivity index (χ2v) is 6.72. The number of fused-ring (bicyclic) bond motifs is 1. The van der Waals surface area contributed by atoms with E-state index in [1.807, 2.05) is 28.8 Å². The van der Waals surface area contributed by atoms with Crippen LogP contribution >= 0.6 is 0 Å². The molecule has 1 aliphatic heterocycles. The van der Waals surface area contributed by atoms with Gasteiger partial charge in [0.1, 0.15) is 6.54 Å². The molecule has 9 nitrogen and oxygen atoms in total. The summed E-state index contributed by atoms with van der Waals surface area (Å²) in [6.45, 7) is 2.24. The van der Waals surface area contributed by atoms with Crippen molar-refractivity contribution in [1.29, 1.82) is 0 Å². The second-order valence-electron chi connectivity index (χ2n) is 6.72. The van der Waals surface area contributed by atoms with Crippen molar-refractivity contribution in [1.82, 2.24) is 29.8 Å². The predicted molar refractivity (Wildman–Crippen MR) is 104 cm³/mol. The molecule has 0 saturated carbocycles. The molecule has 1 saturated heterocycles. The van der Waals surface area contributed by atoms with E-state index in [0.29, 0.717) is 11.8 Å². The Morgan fingerprint density at radius 3 is 2.79 bits per heavy atom. The molecular formula is C19H23N7O2. The fraction of sp³-hybridized carbons (Fsp3) is 0.421. The van der Waals surface area contributed by atoms with Crippen molar-refractivity contribution >= 4 is 22.9 Å². The number of imidazole rings is 1. The van der Waals surface area contributed by atoms with E-state index in [2.05, 4.69) is 30.2 Å². The van der Waals surface area contributed by atoms with Crippen LogP contribution in [0, 0.1) is 0 Å². The minimum Gasteiger partial charge on any atom is -0.467 e. The summed E-state index contributed by atoms with van der Waals surface area (Å²) in [6, 6.07) is 7.98. The second kappa shape index (κ2) is 8.20.